The number of imidazole rings is 1. The zero-order valence-electron chi connectivity index (χ0n) is 19.0. The van der Waals surface area contributed by atoms with E-state index in [1.807, 2.05) is 0 Å². The van der Waals surface area contributed by atoms with Gasteiger partial charge in [0.15, 0.2) is 17.4 Å². The van der Waals surface area contributed by atoms with Crippen LogP contribution in [0.4, 0.5) is 5.82 Å². The fraction of sp³-hybridized carbons (Fsp3) is 0.722. The number of aliphatic hydroxyl groups is 2. The summed E-state index contributed by atoms with van der Waals surface area (Å²) in [6, 6.07) is 0.240. The minimum atomic E-state index is -4.82. The molecule has 2 aliphatic heterocycles. The molecule has 2 saturated heterocycles. The van der Waals surface area contributed by atoms with Gasteiger partial charge in [-0.15, -0.1) is 5.10 Å². The van der Waals surface area contributed by atoms with Gasteiger partial charge >= 0.3 is 15.2 Å². The van der Waals surface area contributed by atoms with Crippen LogP contribution in [0.3, 0.4) is 0 Å². The molecule has 17 heteroatoms. The minimum Gasteiger partial charge on any atom is -0.387 e. The van der Waals surface area contributed by atoms with E-state index in [1.54, 1.807) is 0 Å². The molecule has 196 valence electrons. The van der Waals surface area contributed by atoms with E-state index in [1.165, 1.54) is 10.7 Å². The predicted molar refractivity (Wildman–Crippen MR) is 123 cm³/mol. The standard InChI is InChI=1S/C18H28ClN5O9P2/c1-9(2)10-4-3-5-23(10)17-16-20-6-11(24(16)22-18(19)21-17)15-14(26)13(25)12(33-15)7-32-35(30,31)8-34(27,28)29/h6,9-10,12-15,25-26H,3-5,7-8H2,1-2H3,(H,30,31)(H2,27,28,29)/t10?,12-,13-,14-,15+/m1/s1. The van der Waals surface area contributed by atoms with Gasteiger partial charge in [-0.2, -0.15) is 4.98 Å². The number of fused-ring (bicyclic) bond motifs is 1. The Hall–Kier alpha value is -1.18. The van der Waals surface area contributed by atoms with Crippen LogP contribution in [0.25, 0.3) is 5.65 Å². The normalized spacial score (nSPS) is 29.4. The van der Waals surface area contributed by atoms with E-state index in [9.17, 15) is 24.2 Å². The second-order valence-electron chi connectivity index (χ2n) is 9.09. The monoisotopic (exact) mass is 555 g/mol. The molecule has 2 fully saturated rings. The first kappa shape index (κ1) is 26.9. The van der Waals surface area contributed by atoms with Gasteiger partial charge in [0.2, 0.25) is 5.28 Å². The van der Waals surface area contributed by atoms with Crippen molar-refractivity contribution in [1.29, 1.82) is 0 Å². The number of nitrogens with zero attached hydrogens (tertiary/aromatic N) is 5. The second-order valence-corrected chi connectivity index (χ2v) is 13.4. The van der Waals surface area contributed by atoms with Crippen LogP contribution in [-0.4, -0.2) is 87.9 Å². The van der Waals surface area contributed by atoms with E-state index in [0.717, 1.165) is 19.4 Å². The fourth-order valence-electron chi connectivity index (χ4n) is 4.59. The highest BCUT2D eigenvalue weighted by Gasteiger charge is 2.46. The lowest BCUT2D eigenvalue weighted by Crippen LogP contribution is -2.34. The number of aliphatic hydroxyl groups excluding tert-OH is 2. The van der Waals surface area contributed by atoms with Crippen LogP contribution in [0.2, 0.25) is 5.28 Å². The molecule has 0 spiro atoms. The third kappa shape index (κ3) is 5.72. The van der Waals surface area contributed by atoms with Crippen LogP contribution in [0.15, 0.2) is 6.20 Å². The Morgan fingerprint density at radius 1 is 1.26 bits per heavy atom. The first-order valence-electron chi connectivity index (χ1n) is 11.0. The lowest BCUT2D eigenvalue weighted by molar-refractivity contribution is -0.0204. The molecule has 2 aliphatic rings. The van der Waals surface area contributed by atoms with Crippen LogP contribution in [0, 0.1) is 5.92 Å². The van der Waals surface area contributed by atoms with Crippen molar-refractivity contribution in [3.8, 4) is 0 Å². The van der Waals surface area contributed by atoms with Crippen molar-refractivity contribution in [2.45, 2.75) is 57.1 Å². The van der Waals surface area contributed by atoms with Gasteiger partial charge in [-0.25, -0.2) is 9.50 Å². The quantitative estimate of drug-likeness (QED) is 0.288. The van der Waals surface area contributed by atoms with Gasteiger partial charge in [-0.3, -0.25) is 9.13 Å². The number of ether oxygens (including phenoxy) is 1. The highest BCUT2D eigenvalue weighted by molar-refractivity contribution is 7.70. The summed E-state index contributed by atoms with van der Waals surface area (Å²) in [5, 5.41) is 25.2. The summed E-state index contributed by atoms with van der Waals surface area (Å²) in [6.45, 7) is 4.32. The number of rotatable bonds is 8. The van der Waals surface area contributed by atoms with Gasteiger partial charge in [0.1, 0.15) is 24.4 Å². The van der Waals surface area contributed by atoms with E-state index in [0.29, 0.717) is 17.4 Å². The smallest absolute Gasteiger partial charge is 0.340 e. The third-order valence-corrected chi connectivity index (χ3v) is 9.76. The molecule has 2 aromatic heterocycles. The lowest BCUT2D eigenvalue weighted by Gasteiger charge is -2.28. The SMILES string of the molecule is CC(C)C1CCCN1c1nc(Cl)nn2c([C@@H]3O[C@H](COP(=O)(O)CP(=O)(O)O)[C@@H](O)[C@H]3O)cnc12. The van der Waals surface area contributed by atoms with Crippen LogP contribution in [-0.2, 0) is 18.4 Å². The van der Waals surface area contributed by atoms with E-state index in [2.05, 4.69) is 33.8 Å². The first-order valence-corrected chi connectivity index (χ1v) is 14.9. The van der Waals surface area contributed by atoms with E-state index >= 15 is 0 Å². The van der Waals surface area contributed by atoms with E-state index in [4.69, 9.17) is 30.6 Å². The van der Waals surface area contributed by atoms with Crippen molar-refractivity contribution in [2.24, 2.45) is 5.92 Å². The van der Waals surface area contributed by atoms with Crippen LogP contribution in [0.1, 0.15) is 38.5 Å². The van der Waals surface area contributed by atoms with Crippen molar-refractivity contribution in [1.82, 2.24) is 19.6 Å². The topological polar surface area (TPSA) is 200 Å². The van der Waals surface area contributed by atoms with Crippen molar-refractivity contribution < 1.29 is 43.3 Å². The summed E-state index contributed by atoms with van der Waals surface area (Å²) >= 11 is 6.22. The molecule has 0 amide bonds. The Morgan fingerprint density at radius 3 is 2.63 bits per heavy atom. The molecule has 0 radical (unpaired) electrons. The Morgan fingerprint density at radius 2 is 1.97 bits per heavy atom. The molecule has 0 bridgehead atoms. The van der Waals surface area contributed by atoms with E-state index in [-0.39, 0.29) is 17.0 Å². The number of halogens is 1. The summed E-state index contributed by atoms with van der Waals surface area (Å²) in [4.78, 5) is 38.4. The average molecular weight is 556 g/mol. The third-order valence-electron chi connectivity index (χ3n) is 6.14. The first-order chi connectivity index (χ1) is 16.3. The van der Waals surface area contributed by atoms with Crippen molar-refractivity contribution in [2.75, 3.05) is 24.0 Å². The Kier molecular flexibility index (Phi) is 7.63. The maximum atomic E-state index is 11.9. The molecule has 5 N–H and O–H groups in total. The summed E-state index contributed by atoms with van der Waals surface area (Å²) in [6.07, 6.45) is -2.02. The largest absolute Gasteiger partial charge is 0.387 e. The molecule has 0 saturated carbocycles. The highest BCUT2D eigenvalue weighted by Crippen LogP contribution is 2.55. The Labute approximate surface area is 205 Å². The number of aromatic nitrogens is 4. The summed E-state index contributed by atoms with van der Waals surface area (Å²) in [5.74, 6) is -0.475. The molecule has 6 atom stereocenters. The fourth-order valence-corrected chi connectivity index (χ4v) is 7.31. The summed E-state index contributed by atoms with van der Waals surface area (Å²) in [5.41, 5.74) is 0.658. The molecule has 2 unspecified atom stereocenters. The van der Waals surface area contributed by atoms with Gasteiger partial charge in [-0.1, -0.05) is 13.8 Å². The Balaban J connectivity index is 1.58. The van der Waals surface area contributed by atoms with Crippen LogP contribution < -0.4 is 4.90 Å². The molecule has 0 aromatic carbocycles. The molecule has 2 aromatic rings. The average Bonchev–Trinajstić information content (AvgIpc) is 3.43. The van der Waals surface area contributed by atoms with Crippen LogP contribution >= 0.6 is 26.8 Å². The molecule has 0 aliphatic carbocycles. The predicted octanol–water partition coefficient (Wildman–Crippen LogP) is 0.901. The second kappa shape index (κ2) is 9.94. The van der Waals surface area contributed by atoms with Gasteiger partial charge in [0.05, 0.1) is 18.5 Å². The molecule has 4 heterocycles. The number of hydrogen-bond acceptors (Lipinski definition) is 10. The van der Waals surface area contributed by atoms with Crippen LogP contribution in [0.5, 0.6) is 0 Å². The lowest BCUT2D eigenvalue weighted by atomic mass is 10.0. The number of anilines is 1. The molecule has 35 heavy (non-hydrogen) atoms. The highest BCUT2D eigenvalue weighted by atomic mass is 35.5. The maximum absolute atomic E-state index is 11.9. The summed E-state index contributed by atoms with van der Waals surface area (Å²) in [7, 11) is -9.49. The van der Waals surface area contributed by atoms with Gasteiger partial charge < -0.3 is 39.1 Å². The molecule has 4 rings (SSSR count). The number of hydrogen-bond donors (Lipinski definition) is 5. The van der Waals surface area contributed by atoms with Crippen molar-refractivity contribution in [3.63, 3.8) is 0 Å². The zero-order chi connectivity index (χ0) is 25.7. The molecular formula is C18H28ClN5O9P2. The van der Waals surface area contributed by atoms with Gasteiger partial charge in [0, 0.05) is 12.6 Å². The Bertz CT molecular complexity index is 1180. The molecular weight excluding hydrogens is 528 g/mol. The van der Waals surface area contributed by atoms with Crippen molar-refractivity contribution >= 4 is 38.3 Å². The van der Waals surface area contributed by atoms with E-state index < -0.39 is 52.1 Å². The molecule has 14 nitrogen and oxygen atoms in total. The van der Waals surface area contributed by atoms with Gasteiger partial charge in [-0.05, 0) is 30.4 Å². The van der Waals surface area contributed by atoms with Gasteiger partial charge in [0.25, 0.3) is 0 Å². The minimum absolute atomic E-state index is 0.0484. The summed E-state index contributed by atoms with van der Waals surface area (Å²) < 4.78 is 34.8. The van der Waals surface area contributed by atoms with Crippen molar-refractivity contribution in [3.05, 3.63) is 17.2 Å². The zero-order valence-corrected chi connectivity index (χ0v) is 21.5. The maximum Gasteiger partial charge on any atom is 0.340 e.